The van der Waals surface area contributed by atoms with Crippen LogP contribution >= 0.6 is 34.9 Å². The Balaban J connectivity index is 1.76. The Morgan fingerprint density at radius 1 is 1.44 bits per heavy atom. The number of hydrogen-bond donors (Lipinski definition) is 2. The van der Waals surface area contributed by atoms with E-state index in [1.165, 1.54) is 28.0 Å². The first-order valence-corrected chi connectivity index (χ1v) is 11.9. The lowest BCUT2D eigenvalue weighted by atomic mass is 10.0. The molecule has 7 nitrogen and oxygen atoms in total. The number of nitrogens with zero attached hydrogens (tertiary/aromatic N) is 1. The Bertz CT molecular complexity index is 860. The molecule has 1 fully saturated rings. The topological polar surface area (TPSA) is 104 Å². The summed E-state index contributed by atoms with van der Waals surface area (Å²) in [7, 11) is 0. The summed E-state index contributed by atoms with van der Waals surface area (Å²) >= 11 is 4.47. The van der Waals surface area contributed by atoms with Gasteiger partial charge in [0.1, 0.15) is 33.2 Å². The SMILES string of the molecule is CCSCC1=C(C(=O)O)N2C(=O)C(NC(=O)C(=S=O)c3ccsc3)[C@H]2SC1. The van der Waals surface area contributed by atoms with E-state index in [0.717, 1.165) is 11.3 Å². The highest BCUT2D eigenvalue weighted by molar-refractivity contribution is 8.01. The maximum Gasteiger partial charge on any atom is 0.352 e. The van der Waals surface area contributed by atoms with E-state index in [1.54, 1.807) is 28.6 Å². The minimum Gasteiger partial charge on any atom is -0.477 e. The Labute approximate surface area is 171 Å². The number of carbonyl (C=O) groups excluding carboxylic acids is 2. The lowest BCUT2D eigenvalue weighted by Crippen LogP contribution is -2.71. The van der Waals surface area contributed by atoms with Crippen molar-refractivity contribution < 1.29 is 23.7 Å². The second-order valence-corrected chi connectivity index (χ2v) is 9.41. The summed E-state index contributed by atoms with van der Waals surface area (Å²) in [6.07, 6.45) is 0. The highest BCUT2D eigenvalue weighted by Crippen LogP contribution is 2.41. The second-order valence-electron chi connectivity index (χ2n) is 5.68. The number of fused-ring (bicyclic) bond motifs is 1. The van der Waals surface area contributed by atoms with E-state index in [-0.39, 0.29) is 21.8 Å². The molecular formula is C16H16N2O5S4. The summed E-state index contributed by atoms with van der Waals surface area (Å²) < 4.78 is 11.3. The fourth-order valence-corrected chi connectivity index (χ4v) is 6.08. The fraction of sp³-hybridized carbons (Fsp3) is 0.375. The Hall–Kier alpha value is -1.56. The van der Waals surface area contributed by atoms with Gasteiger partial charge in [-0.1, -0.05) is 6.92 Å². The molecule has 144 valence electrons. The van der Waals surface area contributed by atoms with Crippen molar-refractivity contribution in [2.75, 3.05) is 17.3 Å². The number of amides is 2. The summed E-state index contributed by atoms with van der Waals surface area (Å²) in [5.41, 5.74) is 1.26. The minimum atomic E-state index is -1.13. The molecule has 0 radical (unpaired) electrons. The van der Waals surface area contributed by atoms with Crippen LogP contribution in [0.1, 0.15) is 12.5 Å². The minimum absolute atomic E-state index is 0.00246. The summed E-state index contributed by atoms with van der Waals surface area (Å²) in [6.45, 7) is 1.99. The molecule has 2 atom stereocenters. The summed E-state index contributed by atoms with van der Waals surface area (Å²) in [6, 6.07) is 0.829. The van der Waals surface area contributed by atoms with E-state index in [2.05, 4.69) is 5.32 Å². The van der Waals surface area contributed by atoms with Gasteiger partial charge in [-0.05, 0) is 28.2 Å². The quantitative estimate of drug-likeness (QED) is 0.367. The molecule has 11 heteroatoms. The molecule has 27 heavy (non-hydrogen) atoms. The average Bonchev–Trinajstić information content (AvgIpc) is 3.18. The van der Waals surface area contributed by atoms with E-state index in [0.29, 0.717) is 17.1 Å². The van der Waals surface area contributed by atoms with Crippen LogP contribution < -0.4 is 5.32 Å². The standard InChI is InChI=1S/C16H16N2O5S4/c1-2-24-6-9-7-26-15-10(14(20)18(15)11(9)16(21)22)17-13(19)12(27-23)8-3-4-25-5-8/h3-5,10,15H,2,6-7H2,1H3,(H,17,19)(H,21,22)/t10?,15-/m1/s1. The highest BCUT2D eigenvalue weighted by Gasteiger charge is 2.54. The zero-order chi connectivity index (χ0) is 19.6. The highest BCUT2D eigenvalue weighted by atomic mass is 32.2. The number of rotatable bonds is 7. The van der Waals surface area contributed by atoms with Crippen molar-refractivity contribution >= 4 is 68.8 Å². The Morgan fingerprint density at radius 3 is 2.81 bits per heavy atom. The van der Waals surface area contributed by atoms with E-state index in [1.807, 2.05) is 6.92 Å². The Kier molecular flexibility index (Phi) is 6.45. The maximum absolute atomic E-state index is 12.6. The van der Waals surface area contributed by atoms with Crippen LogP contribution in [0.4, 0.5) is 0 Å². The van der Waals surface area contributed by atoms with E-state index >= 15 is 0 Å². The summed E-state index contributed by atoms with van der Waals surface area (Å²) in [5, 5.41) is 15.1. The number of carboxylic acids is 1. The molecule has 2 aliphatic heterocycles. The number of thioether (sulfide) groups is 2. The normalized spacial score (nSPS) is 21.4. The van der Waals surface area contributed by atoms with Crippen molar-refractivity contribution in [2.24, 2.45) is 0 Å². The lowest BCUT2D eigenvalue weighted by Gasteiger charge is -2.49. The van der Waals surface area contributed by atoms with Gasteiger partial charge < -0.3 is 10.4 Å². The molecule has 1 aromatic rings. The van der Waals surface area contributed by atoms with Gasteiger partial charge in [-0.3, -0.25) is 14.5 Å². The second kappa shape index (κ2) is 8.63. The van der Waals surface area contributed by atoms with Crippen molar-refractivity contribution in [3.8, 4) is 0 Å². The van der Waals surface area contributed by atoms with Crippen LogP contribution in [0, 0.1) is 0 Å². The molecule has 2 N–H and O–H groups in total. The van der Waals surface area contributed by atoms with Crippen LogP contribution in [0.25, 0.3) is 0 Å². The Morgan fingerprint density at radius 2 is 2.22 bits per heavy atom. The van der Waals surface area contributed by atoms with Gasteiger partial charge in [-0.15, -0.1) is 11.8 Å². The first-order valence-electron chi connectivity index (χ1n) is 7.97. The largest absolute Gasteiger partial charge is 0.477 e. The van der Waals surface area contributed by atoms with Crippen molar-refractivity contribution in [2.45, 2.75) is 18.3 Å². The maximum atomic E-state index is 12.6. The summed E-state index contributed by atoms with van der Waals surface area (Å²) in [4.78, 5) is 38.0. The van der Waals surface area contributed by atoms with Crippen LogP contribution in [0.2, 0.25) is 0 Å². The summed E-state index contributed by atoms with van der Waals surface area (Å²) in [5.74, 6) is -0.303. The molecule has 0 spiro atoms. The predicted octanol–water partition coefficient (Wildman–Crippen LogP) is 0.973. The molecule has 0 aromatic carbocycles. The van der Waals surface area contributed by atoms with Gasteiger partial charge in [-0.2, -0.15) is 23.1 Å². The van der Waals surface area contributed by atoms with Crippen molar-refractivity contribution in [3.05, 3.63) is 33.7 Å². The number of hydrogen-bond acceptors (Lipinski definition) is 7. The zero-order valence-electron chi connectivity index (χ0n) is 14.2. The first-order chi connectivity index (χ1) is 13.0. The van der Waals surface area contributed by atoms with Crippen molar-refractivity contribution in [1.82, 2.24) is 10.2 Å². The van der Waals surface area contributed by atoms with Crippen molar-refractivity contribution in [1.29, 1.82) is 0 Å². The smallest absolute Gasteiger partial charge is 0.352 e. The molecular weight excluding hydrogens is 428 g/mol. The van der Waals surface area contributed by atoms with Gasteiger partial charge in [0.2, 0.25) is 0 Å². The number of carboxylic acid groups (broad SMARTS) is 1. The van der Waals surface area contributed by atoms with E-state index in [4.69, 9.17) is 0 Å². The molecule has 3 rings (SSSR count). The molecule has 1 aromatic heterocycles. The number of aliphatic carboxylic acids is 1. The number of nitrogens with one attached hydrogen (secondary N) is 1. The van der Waals surface area contributed by atoms with Gasteiger partial charge in [0.05, 0.1) is 0 Å². The molecule has 0 saturated carbocycles. The van der Waals surface area contributed by atoms with Crippen LogP contribution in [-0.2, 0) is 25.6 Å². The van der Waals surface area contributed by atoms with E-state index < -0.39 is 29.2 Å². The predicted molar refractivity (Wildman–Crippen MR) is 109 cm³/mol. The molecule has 0 aliphatic carbocycles. The molecule has 1 unspecified atom stereocenters. The molecule has 0 bridgehead atoms. The van der Waals surface area contributed by atoms with Gasteiger partial charge in [0.25, 0.3) is 11.8 Å². The van der Waals surface area contributed by atoms with Gasteiger partial charge in [-0.25, -0.2) is 9.00 Å². The van der Waals surface area contributed by atoms with E-state index in [9.17, 15) is 23.7 Å². The monoisotopic (exact) mass is 444 g/mol. The number of β-lactam (4-membered cyclic amide) rings is 1. The van der Waals surface area contributed by atoms with Gasteiger partial charge >= 0.3 is 5.97 Å². The molecule has 1 saturated heterocycles. The van der Waals surface area contributed by atoms with Gasteiger partial charge in [0, 0.05) is 17.1 Å². The molecule has 2 amide bonds. The average molecular weight is 445 g/mol. The van der Waals surface area contributed by atoms with Crippen LogP contribution in [0.15, 0.2) is 28.1 Å². The fourth-order valence-electron chi connectivity index (χ4n) is 2.84. The third kappa shape index (κ3) is 3.86. The van der Waals surface area contributed by atoms with Crippen molar-refractivity contribution in [3.63, 3.8) is 0 Å². The number of carbonyl (C=O) groups is 3. The molecule has 2 aliphatic rings. The van der Waals surface area contributed by atoms with Crippen LogP contribution in [-0.4, -0.2) is 65.5 Å². The molecule has 3 heterocycles. The lowest BCUT2D eigenvalue weighted by molar-refractivity contribution is -0.150. The zero-order valence-corrected chi connectivity index (χ0v) is 17.4. The third-order valence-corrected chi connectivity index (χ3v) is 7.66. The third-order valence-electron chi connectivity index (χ3n) is 4.09. The van der Waals surface area contributed by atoms with Crippen LogP contribution in [0.3, 0.4) is 0 Å². The first kappa shape index (κ1) is 20.2. The number of thiophene rings is 1. The van der Waals surface area contributed by atoms with Crippen LogP contribution in [0.5, 0.6) is 0 Å². The van der Waals surface area contributed by atoms with Gasteiger partial charge in [0.15, 0.2) is 0 Å².